The van der Waals surface area contributed by atoms with Gasteiger partial charge in [0, 0.05) is 33.2 Å². The van der Waals surface area contributed by atoms with Crippen LogP contribution in [0.5, 0.6) is 0 Å². The molecular weight excluding hydrogens is 671 g/mol. The summed E-state index contributed by atoms with van der Waals surface area (Å²) in [6.45, 7) is 0. The van der Waals surface area contributed by atoms with Crippen molar-refractivity contribution in [2.45, 2.75) is 25.2 Å². The summed E-state index contributed by atoms with van der Waals surface area (Å²) in [5.74, 6) is 2.37. The zero-order chi connectivity index (χ0) is 36.6. The Balaban J connectivity index is 1.03. The zero-order valence-corrected chi connectivity index (χ0v) is 30.3. The number of fused-ring (bicyclic) bond motifs is 3. The standard InChI is InChI=1S/C51H37N3O/c1-4-13-34(14-5-1)35-25-27-36(28-26-35)39-19-10-20-40(31-39)41-21-11-22-42(32-41)43-29-30-46-45(33-43)48-44(23-12-24-47(48)55-46)51-53-49(37-15-6-2-7-16-37)52-50(54-51)38-17-8-3-9-18-38/h1-11,13-22,24-27,29-33,36H,12,23,28H2. The van der Waals surface area contributed by atoms with Crippen molar-refractivity contribution < 1.29 is 4.42 Å². The molecule has 1 atom stereocenters. The lowest BCUT2D eigenvalue weighted by Crippen LogP contribution is -2.27. The highest BCUT2D eigenvalue weighted by Gasteiger charge is 2.20. The quantitative estimate of drug-likeness (QED) is 0.165. The number of hydrogen-bond acceptors (Lipinski definition) is 4. The summed E-state index contributed by atoms with van der Waals surface area (Å²) in [6.07, 6.45) is 11.8. The smallest absolute Gasteiger partial charge is 0.164 e. The van der Waals surface area contributed by atoms with E-state index >= 15 is 0 Å². The van der Waals surface area contributed by atoms with Crippen molar-refractivity contribution in [1.82, 2.24) is 15.0 Å². The van der Waals surface area contributed by atoms with Crippen LogP contribution in [0.1, 0.15) is 42.1 Å². The maximum Gasteiger partial charge on any atom is 0.164 e. The van der Waals surface area contributed by atoms with Crippen LogP contribution in [0.15, 0.2) is 180 Å². The largest absolute Gasteiger partial charge is 0.456 e. The summed E-state index contributed by atoms with van der Waals surface area (Å²) < 4.78 is 6.50. The maximum absolute atomic E-state index is 6.50. The van der Waals surface area contributed by atoms with Crippen molar-refractivity contribution in [1.29, 1.82) is 0 Å². The van der Waals surface area contributed by atoms with Crippen LogP contribution in [0.4, 0.5) is 0 Å². The lowest BCUT2D eigenvalue weighted by Gasteiger charge is -2.18. The molecule has 0 radical (unpaired) electrons. The molecule has 8 aromatic rings. The van der Waals surface area contributed by atoms with Gasteiger partial charge in [-0.1, -0.05) is 158 Å². The van der Waals surface area contributed by atoms with Gasteiger partial charge in [0.25, 0.3) is 0 Å². The van der Waals surface area contributed by atoms with Gasteiger partial charge in [0.1, 0.15) is 11.0 Å². The van der Waals surface area contributed by atoms with E-state index in [0.717, 1.165) is 68.7 Å². The Morgan fingerprint density at radius 3 is 1.73 bits per heavy atom. The molecule has 2 aliphatic rings. The van der Waals surface area contributed by atoms with Crippen LogP contribution in [-0.2, 0) is 0 Å². The molecule has 0 aliphatic heterocycles. The number of rotatable bonds is 7. The summed E-state index contributed by atoms with van der Waals surface area (Å²) in [5, 5.41) is 2.14. The molecule has 262 valence electrons. The van der Waals surface area contributed by atoms with E-state index in [1.807, 2.05) is 36.4 Å². The van der Waals surface area contributed by atoms with Crippen LogP contribution < -0.4 is 10.6 Å². The monoisotopic (exact) mass is 707 g/mol. The van der Waals surface area contributed by atoms with Crippen molar-refractivity contribution in [3.8, 4) is 45.0 Å². The maximum atomic E-state index is 6.50. The fraction of sp³-hybridized carbons (Fsp3) is 0.0784. The van der Waals surface area contributed by atoms with E-state index in [4.69, 9.17) is 19.4 Å². The highest BCUT2D eigenvalue weighted by molar-refractivity contribution is 5.88. The summed E-state index contributed by atoms with van der Waals surface area (Å²) in [5.41, 5.74) is 13.3. The van der Waals surface area contributed by atoms with Crippen LogP contribution in [0.25, 0.3) is 73.2 Å². The van der Waals surface area contributed by atoms with Gasteiger partial charge in [-0.25, -0.2) is 15.0 Å². The zero-order valence-electron chi connectivity index (χ0n) is 30.3. The highest BCUT2D eigenvalue weighted by Crippen LogP contribution is 2.34. The van der Waals surface area contributed by atoms with Crippen LogP contribution in [0.2, 0.25) is 0 Å². The molecular formula is C51H37N3O. The number of benzene rings is 6. The summed E-state index contributed by atoms with van der Waals surface area (Å²) in [6, 6.07) is 55.3. The number of aromatic nitrogens is 3. The minimum atomic E-state index is 0.351. The molecule has 0 saturated carbocycles. The minimum Gasteiger partial charge on any atom is -0.456 e. The molecule has 2 aromatic heterocycles. The van der Waals surface area contributed by atoms with Crippen LogP contribution in [0, 0.1) is 0 Å². The van der Waals surface area contributed by atoms with Gasteiger partial charge in [-0.15, -0.1) is 0 Å². The second-order valence-electron chi connectivity index (χ2n) is 14.2. The molecule has 1 unspecified atom stereocenters. The first-order valence-corrected chi connectivity index (χ1v) is 19.0. The summed E-state index contributed by atoms with van der Waals surface area (Å²) in [4.78, 5) is 15.1. The van der Waals surface area contributed by atoms with Gasteiger partial charge < -0.3 is 4.42 Å². The van der Waals surface area contributed by atoms with Crippen molar-refractivity contribution in [2.24, 2.45) is 0 Å². The van der Waals surface area contributed by atoms with Crippen molar-refractivity contribution in [2.75, 3.05) is 0 Å². The molecule has 10 rings (SSSR count). The van der Waals surface area contributed by atoms with Gasteiger partial charge in [0.05, 0.1) is 0 Å². The van der Waals surface area contributed by atoms with Gasteiger partial charge in [-0.3, -0.25) is 0 Å². The predicted octanol–water partition coefficient (Wildman–Crippen LogP) is 11.2. The number of hydrogen-bond donors (Lipinski definition) is 0. The van der Waals surface area contributed by atoms with Gasteiger partial charge in [-0.2, -0.15) is 0 Å². The summed E-state index contributed by atoms with van der Waals surface area (Å²) in [7, 11) is 0. The molecule has 0 amide bonds. The predicted molar refractivity (Wildman–Crippen MR) is 224 cm³/mol. The Hall–Kier alpha value is -6.91. The second-order valence-corrected chi connectivity index (χ2v) is 14.2. The van der Waals surface area contributed by atoms with Gasteiger partial charge in [-0.05, 0) is 82.5 Å². The second kappa shape index (κ2) is 14.1. The SMILES string of the molecule is C1=CC(c2cccc(-c3cccc(-c4ccc5oc6c(c5c4)=C(c4nc(-c5ccccc5)nc(-c5ccccc5)n4)CCC=6)c3)c2)CC=C1c1ccccc1. The van der Waals surface area contributed by atoms with Crippen LogP contribution >= 0.6 is 0 Å². The number of allylic oxidation sites excluding steroid dienone is 4. The topological polar surface area (TPSA) is 51.8 Å². The fourth-order valence-electron chi connectivity index (χ4n) is 7.93. The third kappa shape index (κ3) is 6.42. The van der Waals surface area contributed by atoms with E-state index in [1.165, 1.54) is 27.8 Å². The molecule has 0 bridgehead atoms. The third-order valence-corrected chi connectivity index (χ3v) is 10.8. The molecule has 0 fully saturated rings. The van der Waals surface area contributed by atoms with E-state index in [0.29, 0.717) is 23.4 Å². The lowest BCUT2D eigenvalue weighted by molar-refractivity contribution is 0.571. The molecule has 0 N–H and O–H groups in total. The first-order chi connectivity index (χ1) is 27.2. The van der Waals surface area contributed by atoms with Crippen molar-refractivity contribution in [3.05, 3.63) is 204 Å². The summed E-state index contributed by atoms with van der Waals surface area (Å²) >= 11 is 0. The Kier molecular flexibility index (Phi) is 8.42. The Morgan fingerprint density at radius 1 is 0.491 bits per heavy atom. The van der Waals surface area contributed by atoms with E-state index < -0.39 is 0 Å². The van der Waals surface area contributed by atoms with Gasteiger partial charge >= 0.3 is 0 Å². The molecule has 0 spiro atoms. The highest BCUT2D eigenvalue weighted by atomic mass is 16.3. The number of nitrogens with zero attached hydrogens (tertiary/aromatic N) is 3. The molecule has 55 heavy (non-hydrogen) atoms. The molecule has 4 nitrogen and oxygen atoms in total. The van der Waals surface area contributed by atoms with Crippen molar-refractivity contribution in [3.63, 3.8) is 0 Å². The minimum absolute atomic E-state index is 0.351. The average Bonchev–Trinajstić information content (AvgIpc) is 3.66. The lowest BCUT2D eigenvalue weighted by atomic mass is 9.87. The Labute approximate surface area is 320 Å². The van der Waals surface area contributed by atoms with E-state index in [2.05, 4.69) is 146 Å². The van der Waals surface area contributed by atoms with Crippen molar-refractivity contribution >= 4 is 28.2 Å². The van der Waals surface area contributed by atoms with E-state index in [1.54, 1.807) is 0 Å². The van der Waals surface area contributed by atoms with E-state index in [9.17, 15) is 0 Å². The fourth-order valence-corrected chi connectivity index (χ4v) is 7.93. The average molecular weight is 708 g/mol. The Bertz CT molecular complexity index is 2830. The van der Waals surface area contributed by atoms with Gasteiger partial charge in [0.15, 0.2) is 17.5 Å². The molecule has 2 heterocycles. The molecule has 2 aliphatic carbocycles. The normalized spacial score (nSPS) is 15.0. The first-order valence-electron chi connectivity index (χ1n) is 19.0. The van der Waals surface area contributed by atoms with Crippen LogP contribution in [-0.4, -0.2) is 15.0 Å². The molecule has 6 aromatic carbocycles. The molecule has 0 saturated heterocycles. The molecule has 4 heteroatoms. The van der Waals surface area contributed by atoms with E-state index in [-0.39, 0.29) is 0 Å². The van der Waals surface area contributed by atoms with Gasteiger partial charge in [0.2, 0.25) is 0 Å². The number of furan rings is 1. The first kappa shape index (κ1) is 32.7. The third-order valence-electron chi connectivity index (χ3n) is 10.8. The van der Waals surface area contributed by atoms with Crippen LogP contribution in [0.3, 0.4) is 0 Å². The Morgan fingerprint density at radius 2 is 1.07 bits per heavy atom.